The smallest absolute Gasteiger partial charge is 0.227 e. The molecule has 0 atom stereocenters. The molecule has 1 aromatic rings. The van der Waals surface area contributed by atoms with Crippen molar-refractivity contribution in [2.24, 2.45) is 0 Å². The van der Waals surface area contributed by atoms with Gasteiger partial charge in [-0.25, -0.2) is 4.98 Å². The standard InChI is InChI=1S/C12H20N2O2/c1-6-13-10(15)7-9-8(2)14-11(16-9)12(3,4)5/h6-7H2,1-5H3,(H,13,15). The first-order valence-corrected chi connectivity index (χ1v) is 5.58. The van der Waals surface area contributed by atoms with Gasteiger partial charge in [-0.1, -0.05) is 20.8 Å². The first-order chi connectivity index (χ1) is 7.34. The molecule has 1 rings (SSSR count). The second-order valence-corrected chi connectivity index (χ2v) is 4.91. The Labute approximate surface area is 96.4 Å². The molecule has 0 saturated carbocycles. The molecule has 0 aromatic carbocycles. The van der Waals surface area contributed by atoms with Gasteiger partial charge in [0.1, 0.15) is 5.76 Å². The van der Waals surface area contributed by atoms with Crippen molar-refractivity contribution in [1.82, 2.24) is 10.3 Å². The Bertz CT molecular complexity index is 375. The number of aryl methyl sites for hydroxylation is 1. The molecule has 0 radical (unpaired) electrons. The number of rotatable bonds is 3. The predicted molar refractivity (Wildman–Crippen MR) is 62.3 cm³/mol. The van der Waals surface area contributed by atoms with Crippen LogP contribution >= 0.6 is 0 Å². The van der Waals surface area contributed by atoms with Gasteiger partial charge in [-0.3, -0.25) is 4.79 Å². The van der Waals surface area contributed by atoms with Crippen LogP contribution in [0, 0.1) is 6.92 Å². The summed E-state index contributed by atoms with van der Waals surface area (Å²) in [7, 11) is 0. The summed E-state index contributed by atoms with van der Waals surface area (Å²) in [6.45, 7) is 10.5. The van der Waals surface area contributed by atoms with E-state index < -0.39 is 0 Å². The number of nitrogens with zero attached hydrogens (tertiary/aromatic N) is 1. The van der Waals surface area contributed by atoms with Gasteiger partial charge in [-0.2, -0.15) is 0 Å². The fourth-order valence-electron chi connectivity index (χ4n) is 1.32. The van der Waals surface area contributed by atoms with Crippen LogP contribution in [0.5, 0.6) is 0 Å². The molecule has 4 heteroatoms. The molecule has 90 valence electrons. The Kier molecular flexibility index (Phi) is 3.73. The summed E-state index contributed by atoms with van der Waals surface area (Å²) in [5.74, 6) is 1.32. The molecular formula is C12H20N2O2. The number of hydrogen-bond donors (Lipinski definition) is 1. The lowest BCUT2D eigenvalue weighted by Crippen LogP contribution is -2.24. The summed E-state index contributed by atoms with van der Waals surface area (Å²) < 4.78 is 5.62. The molecule has 0 bridgehead atoms. The Balaban J connectivity index is 2.82. The third-order valence-corrected chi connectivity index (χ3v) is 2.23. The molecule has 1 N–H and O–H groups in total. The van der Waals surface area contributed by atoms with E-state index in [9.17, 15) is 4.79 Å². The van der Waals surface area contributed by atoms with E-state index >= 15 is 0 Å². The maximum absolute atomic E-state index is 11.4. The van der Waals surface area contributed by atoms with Gasteiger partial charge < -0.3 is 9.73 Å². The first-order valence-electron chi connectivity index (χ1n) is 5.58. The van der Waals surface area contributed by atoms with E-state index in [0.717, 1.165) is 5.69 Å². The number of hydrogen-bond acceptors (Lipinski definition) is 3. The van der Waals surface area contributed by atoms with Crippen molar-refractivity contribution in [3.8, 4) is 0 Å². The summed E-state index contributed by atoms with van der Waals surface area (Å²) >= 11 is 0. The second kappa shape index (κ2) is 4.68. The highest BCUT2D eigenvalue weighted by atomic mass is 16.4. The van der Waals surface area contributed by atoms with E-state index in [1.807, 2.05) is 34.6 Å². The van der Waals surface area contributed by atoms with Gasteiger partial charge in [0.05, 0.1) is 12.1 Å². The summed E-state index contributed by atoms with van der Waals surface area (Å²) in [5.41, 5.74) is 0.681. The maximum atomic E-state index is 11.4. The van der Waals surface area contributed by atoms with E-state index in [-0.39, 0.29) is 17.7 Å². The van der Waals surface area contributed by atoms with Crippen molar-refractivity contribution in [2.75, 3.05) is 6.54 Å². The Hall–Kier alpha value is -1.32. The number of amides is 1. The molecule has 0 aliphatic rings. The van der Waals surface area contributed by atoms with Gasteiger partial charge in [0, 0.05) is 12.0 Å². The van der Waals surface area contributed by atoms with E-state index in [0.29, 0.717) is 18.2 Å². The number of aromatic nitrogens is 1. The van der Waals surface area contributed by atoms with Crippen molar-refractivity contribution in [3.05, 3.63) is 17.3 Å². The van der Waals surface area contributed by atoms with Crippen LogP contribution in [0.1, 0.15) is 45.0 Å². The number of likely N-dealkylation sites (N-methyl/N-ethyl adjacent to an activating group) is 1. The lowest BCUT2D eigenvalue weighted by atomic mass is 9.97. The summed E-state index contributed by atoms with van der Waals surface area (Å²) in [4.78, 5) is 15.8. The maximum Gasteiger partial charge on any atom is 0.227 e. The molecule has 16 heavy (non-hydrogen) atoms. The van der Waals surface area contributed by atoms with Crippen LogP contribution in [-0.2, 0) is 16.6 Å². The highest BCUT2D eigenvalue weighted by Crippen LogP contribution is 2.23. The van der Waals surface area contributed by atoms with Crippen molar-refractivity contribution >= 4 is 5.91 Å². The Morgan fingerprint density at radius 2 is 2.06 bits per heavy atom. The van der Waals surface area contributed by atoms with Gasteiger partial charge in [-0.15, -0.1) is 0 Å². The topological polar surface area (TPSA) is 55.1 Å². The monoisotopic (exact) mass is 224 g/mol. The van der Waals surface area contributed by atoms with Crippen LogP contribution in [-0.4, -0.2) is 17.4 Å². The zero-order chi connectivity index (χ0) is 12.3. The third kappa shape index (κ3) is 3.08. The molecular weight excluding hydrogens is 204 g/mol. The molecule has 1 heterocycles. The summed E-state index contributed by atoms with van der Waals surface area (Å²) in [6.07, 6.45) is 0.267. The molecule has 0 spiro atoms. The fourth-order valence-corrected chi connectivity index (χ4v) is 1.32. The average Bonchev–Trinajstić information content (AvgIpc) is 2.47. The lowest BCUT2D eigenvalue weighted by molar-refractivity contribution is -0.120. The van der Waals surface area contributed by atoms with Crippen LogP contribution in [0.3, 0.4) is 0 Å². The van der Waals surface area contributed by atoms with Gasteiger partial charge in [0.15, 0.2) is 5.89 Å². The van der Waals surface area contributed by atoms with E-state index in [1.165, 1.54) is 0 Å². The van der Waals surface area contributed by atoms with Crippen LogP contribution in [0.25, 0.3) is 0 Å². The van der Waals surface area contributed by atoms with E-state index in [4.69, 9.17) is 4.42 Å². The molecule has 1 amide bonds. The minimum absolute atomic E-state index is 0.0257. The zero-order valence-electron chi connectivity index (χ0n) is 10.7. The van der Waals surface area contributed by atoms with E-state index in [2.05, 4.69) is 10.3 Å². The number of carbonyl (C=O) groups is 1. The van der Waals surface area contributed by atoms with Gasteiger partial charge in [0.2, 0.25) is 5.91 Å². The predicted octanol–water partition coefficient (Wildman–Crippen LogP) is 1.96. The van der Waals surface area contributed by atoms with Crippen molar-refractivity contribution in [3.63, 3.8) is 0 Å². The van der Waals surface area contributed by atoms with Gasteiger partial charge in [-0.05, 0) is 13.8 Å². The lowest BCUT2D eigenvalue weighted by Gasteiger charge is -2.12. The van der Waals surface area contributed by atoms with Crippen LogP contribution in [0.4, 0.5) is 0 Å². The second-order valence-electron chi connectivity index (χ2n) is 4.91. The van der Waals surface area contributed by atoms with Crippen molar-refractivity contribution in [2.45, 2.75) is 46.5 Å². The average molecular weight is 224 g/mol. The normalized spacial score (nSPS) is 11.6. The molecule has 0 fully saturated rings. The molecule has 1 aromatic heterocycles. The highest BCUT2D eigenvalue weighted by Gasteiger charge is 2.22. The SMILES string of the molecule is CCNC(=O)Cc1oc(C(C)(C)C)nc1C. The first kappa shape index (κ1) is 12.7. The molecule has 0 aliphatic carbocycles. The number of oxazole rings is 1. The quantitative estimate of drug-likeness (QED) is 0.853. The van der Waals surface area contributed by atoms with Gasteiger partial charge >= 0.3 is 0 Å². The minimum Gasteiger partial charge on any atom is -0.444 e. The fraction of sp³-hybridized carbons (Fsp3) is 0.667. The molecule has 4 nitrogen and oxygen atoms in total. The molecule has 0 unspecified atom stereocenters. The van der Waals surface area contributed by atoms with Gasteiger partial charge in [0.25, 0.3) is 0 Å². The van der Waals surface area contributed by atoms with Crippen molar-refractivity contribution in [1.29, 1.82) is 0 Å². The van der Waals surface area contributed by atoms with Crippen molar-refractivity contribution < 1.29 is 9.21 Å². The molecule has 0 aliphatic heterocycles. The highest BCUT2D eigenvalue weighted by molar-refractivity contribution is 5.78. The van der Waals surface area contributed by atoms with Crippen LogP contribution in [0.2, 0.25) is 0 Å². The Morgan fingerprint density at radius 3 is 2.50 bits per heavy atom. The summed E-state index contributed by atoms with van der Waals surface area (Å²) in [6, 6.07) is 0. The minimum atomic E-state index is -0.121. The third-order valence-electron chi connectivity index (χ3n) is 2.23. The number of nitrogens with one attached hydrogen (secondary N) is 1. The number of carbonyl (C=O) groups excluding carboxylic acids is 1. The van der Waals surface area contributed by atoms with E-state index in [1.54, 1.807) is 0 Å². The Morgan fingerprint density at radius 1 is 1.44 bits per heavy atom. The zero-order valence-corrected chi connectivity index (χ0v) is 10.7. The molecule has 0 saturated heterocycles. The van der Waals surface area contributed by atoms with Crippen LogP contribution in [0.15, 0.2) is 4.42 Å². The van der Waals surface area contributed by atoms with Crippen LogP contribution < -0.4 is 5.32 Å². The summed E-state index contributed by atoms with van der Waals surface area (Å²) in [5, 5.41) is 2.74. The largest absolute Gasteiger partial charge is 0.444 e.